The van der Waals surface area contributed by atoms with E-state index in [0.717, 1.165) is 39.7 Å². The molecule has 0 spiro atoms. The smallest absolute Gasteiger partial charge is 0.259 e. The van der Waals surface area contributed by atoms with Crippen molar-refractivity contribution in [1.82, 2.24) is 4.90 Å². The zero-order valence-corrected chi connectivity index (χ0v) is 20.7. The van der Waals surface area contributed by atoms with Gasteiger partial charge >= 0.3 is 0 Å². The van der Waals surface area contributed by atoms with Gasteiger partial charge in [0, 0.05) is 32.1 Å². The fraction of sp³-hybridized carbons (Fsp3) is 0.308. The lowest BCUT2D eigenvalue weighted by molar-refractivity contribution is -0.134. The molecule has 1 heterocycles. The van der Waals surface area contributed by atoms with Crippen LogP contribution >= 0.6 is 15.9 Å². The van der Waals surface area contributed by atoms with E-state index in [2.05, 4.69) is 26.1 Å². The molecule has 0 radical (unpaired) electrons. The minimum atomic E-state index is -0.237. The minimum Gasteiger partial charge on any atom is -0.495 e. The Morgan fingerprint density at radius 3 is 2.36 bits per heavy atom. The van der Waals surface area contributed by atoms with Crippen LogP contribution in [0, 0.1) is 5.92 Å². The number of hydrogen-bond acceptors (Lipinski definition) is 4. The Kier molecular flexibility index (Phi) is 6.88. The molecule has 0 aromatic heterocycles. The number of anilines is 2. The van der Waals surface area contributed by atoms with E-state index >= 15 is 0 Å². The van der Waals surface area contributed by atoms with Crippen molar-refractivity contribution in [2.45, 2.75) is 13.8 Å². The lowest BCUT2D eigenvalue weighted by atomic mass is 10.0. The van der Waals surface area contributed by atoms with Crippen LogP contribution in [0.1, 0.15) is 24.2 Å². The molecule has 1 aliphatic heterocycles. The number of carbonyl (C=O) groups is 2. The Bertz CT molecular complexity index is 1190. The Hall–Kier alpha value is -3.06. The third-order valence-corrected chi connectivity index (χ3v) is 6.76. The van der Waals surface area contributed by atoms with Gasteiger partial charge < -0.3 is 19.9 Å². The average molecular weight is 510 g/mol. The quantitative estimate of drug-likeness (QED) is 0.515. The van der Waals surface area contributed by atoms with Crippen LogP contribution in [0.15, 0.2) is 59.1 Å². The van der Waals surface area contributed by atoms with Gasteiger partial charge in [-0.1, -0.05) is 50.2 Å². The third kappa shape index (κ3) is 4.69. The fourth-order valence-electron chi connectivity index (χ4n) is 4.23. The van der Waals surface area contributed by atoms with E-state index < -0.39 is 0 Å². The Labute approximate surface area is 202 Å². The molecular formula is C26H28BrN3O3. The molecule has 0 aliphatic carbocycles. The molecule has 1 N–H and O–H groups in total. The summed E-state index contributed by atoms with van der Waals surface area (Å²) in [6.07, 6.45) is 0. The molecule has 0 atom stereocenters. The molecule has 0 bridgehead atoms. The monoisotopic (exact) mass is 509 g/mol. The van der Waals surface area contributed by atoms with Gasteiger partial charge in [0.2, 0.25) is 5.91 Å². The maximum atomic E-state index is 13.4. The first-order valence-electron chi connectivity index (χ1n) is 11.1. The number of carbonyl (C=O) groups excluding carboxylic acids is 2. The number of fused-ring (bicyclic) bond motifs is 1. The lowest BCUT2D eigenvalue weighted by Gasteiger charge is -2.37. The topological polar surface area (TPSA) is 61.9 Å². The van der Waals surface area contributed by atoms with E-state index in [-0.39, 0.29) is 17.7 Å². The third-order valence-electron chi connectivity index (χ3n) is 5.97. The summed E-state index contributed by atoms with van der Waals surface area (Å²) < 4.78 is 6.34. The Morgan fingerprint density at radius 1 is 1.00 bits per heavy atom. The number of para-hydroxylation sites is 2. The van der Waals surface area contributed by atoms with Crippen LogP contribution in [-0.4, -0.2) is 50.0 Å². The number of ether oxygens (including phenoxy) is 1. The van der Waals surface area contributed by atoms with E-state index in [4.69, 9.17) is 4.74 Å². The van der Waals surface area contributed by atoms with Crippen molar-refractivity contribution >= 4 is 49.9 Å². The number of hydrogen-bond donors (Lipinski definition) is 1. The molecule has 0 unspecified atom stereocenters. The van der Waals surface area contributed by atoms with Crippen LogP contribution in [0.2, 0.25) is 0 Å². The molecule has 172 valence electrons. The van der Waals surface area contributed by atoms with Gasteiger partial charge in [-0.25, -0.2) is 0 Å². The highest BCUT2D eigenvalue weighted by Gasteiger charge is 2.25. The second kappa shape index (κ2) is 9.83. The zero-order chi connectivity index (χ0) is 23.5. The van der Waals surface area contributed by atoms with Crippen molar-refractivity contribution in [3.63, 3.8) is 0 Å². The van der Waals surface area contributed by atoms with Crippen LogP contribution < -0.4 is 15.0 Å². The summed E-state index contributed by atoms with van der Waals surface area (Å²) in [5.74, 6) is 0.452. The van der Waals surface area contributed by atoms with Gasteiger partial charge in [0.25, 0.3) is 5.91 Å². The number of benzene rings is 3. The van der Waals surface area contributed by atoms with Crippen molar-refractivity contribution in [2.75, 3.05) is 43.5 Å². The number of nitrogens with zero attached hydrogens (tertiary/aromatic N) is 2. The molecule has 2 amide bonds. The van der Waals surface area contributed by atoms with Gasteiger partial charge in [-0.3, -0.25) is 9.59 Å². The van der Waals surface area contributed by atoms with Crippen LogP contribution in [0.5, 0.6) is 5.75 Å². The van der Waals surface area contributed by atoms with Crippen LogP contribution in [-0.2, 0) is 4.79 Å². The maximum Gasteiger partial charge on any atom is 0.259 e. The van der Waals surface area contributed by atoms with Gasteiger partial charge in [-0.15, -0.1) is 0 Å². The van der Waals surface area contributed by atoms with Crippen molar-refractivity contribution in [3.05, 3.63) is 64.6 Å². The predicted molar refractivity (Wildman–Crippen MR) is 136 cm³/mol. The van der Waals surface area contributed by atoms with E-state index in [1.165, 1.54) is 0 Å². The van der Waals surface area contributed by atoms with E-state index in [1.54, 1.807) is 7.11 Å². The van der Waals surface area contributed by atoms with Crippen molar-refractivity contribution in [1.29, 1.82) is 0 Å². The first kappa shape index (κ1) is 23.1. The Balaban J connectivity index is 1.58. The summed E-state index contributed by atoms with van der Waals surface area (Å²) in [6, 6.07) is 17.5. The summed E-state index contributed by atoms with van der Waals surface area (Å²) in [5.41, 5.74) is 2.14. The predicted octanol–water partition coefficient (Wildman–Crippen LogP) is 5.17. The van der Waals surface area contributed by atoms with Gasteiger partial charge in [0.1, 0.15) is 5.75 Å². The molecule has 33 heavy (non-hydrogen) atoms. The van der Waals surface area contributed by atoms with E-state index in [0.29, 0.717) is 24.4 Å². The molecule has 4 rings (SSSR count). The van der Waals surface area contributed by atoms with Crippen LogP contribution in [0.4, 0.5) is 11.4 Å². The molecule has 0 saturated carbocycles. The zero-order valence-electron chi connectivity index (χ0n) is 19.1. The molecule has 1 aliphatic rings. The molecule has 3 aromatic carbocycles. The van der Waals surface area contributed by atoms with Crippen molar-refractivity contribution in [3.8, 4) is 5.75 Å². The minimum absolute atomic E-state index is 0.000572. The SMILES string of the molecule is COc1c(C(=O)Nc2ccccc2N2CCN(C(=O)C(C)C)CC2)cc2ccccc2c1Br. The molecule has 7 heteroatoms. The molecular weight excluding hydrogens is 482 g/mol. The van der Waals surface area contributed by atoms with Gasteiger partial charge in [0.15, 0.2) is 0 Å². The van der Waals surface area contributed by atoms with Gasteiger partial charge in [-0.2, -0.15) is 0 Å². The normalized spacial score (nSPS) is 14.0. The van der Waals surface area contributed by atoms with Crippen molar-refractivity contribution in [2.24, 2.45) is 5.92 Å². The Morgan fingerprint density at radius 2 is 1.67 bits per heavy atom. The molecule has 3 aromatic rings. The summed E-state index contributed by atoms with van der Waals surface area (Å²) in [7, 11) is 1.57. The summed E-state index contributed by atoms with van der Waals surface area (Å²) >= 11 is 3.61. The lowest BCUT2D eigenvalue weighted by Crippen LogP contribution is -2.50. The maximum absolute atomic E-state index is 13.4. The van der Waals surface area contributed by atoms with Crippen molar-refractivity contribution < 1.29 is 14.3 Å². The molecule has 6 nitrogen and oxygen atoms in total. The summed E-state index contributed by atoms with van der Waals surface area (Å²) in [5, 5.41) is 5.02. The second-order valence-corrected chi connectivity index (χ2v) is 9.22. The summed E-state index contributed by atoms with van der Waals surface area (Å²) in [6.45, 7) is 6.64. The number of nitrogens with one attached hydrogen (secondary N) is 1. The highest BCUT2D eigenvalue weighted by atomic mass is 79.9. The average Bonchev–Trinajstić information content (AvgIpc) is 2.84. The highest BCUT2D eigenvalue weighted by molar-refractivity contribution is 9.10. The van der Waals surface area contributed by atoms with Crippen LogP contribution in [0.3, 0.4) is 0 Å². The first-order valence-corrected chi connectivity index (χ1v) is 11.9. The number of amides is 2. The number of rotatable bonds is 5. The number of methoxy groups -OCH3 is 1. The van der Waals surface area contributed by atoms with E-state index in [1.807, 2.05) is 73.3 Å². The standard InChI is InChI=1S/C26H28BrN3O3/c1-17(2)26(32)30-14-12-29(13-15-30)22-11-7-6-10-21(22)28-25(31)20-16-18-8-4-5-9-19(18)23(27)24(20)33-3/h4-11,16-17H,12-15H2,1-3H3,(H,28,31). The largest absolute Gasteiger partial charge is 0.495 e. The second-order valence-electron chi connectivity index (χ2n) is 8.43. The highest BCUT2D eigenvalue weighted by Crippen LogP contribution is 2.37. The fourth-order valence-corrected chi connectivity index (χ4v) is 4.97. The van der Waals surface area contributed by atoms with Crippen LogP contribution in [0.25, 0.3) is 10.8 Å². The number of piperazine rings is 1. The number of halogens is 1. The molecule has 1 fully saturated rings. The summed E-state index contributed by atoms with van der Waals surface area (Å²) in [4.78, 5) is 29.8. The van der Waals surface area contributed by atoms with Gasteiger partial charge in [0.05, 0.1) is 28.5 Å². The van der Waals surface area contributed by atoms with Gasteiger partial charge in [-0.05, 0) is 44.9 Å². The first-order chi connectivity index (χ1) is 15.9. The van der Waals surface area contributed by atoms with E-state index in [9.17, 15) is 9.59 Å². The molecule has 1 saturated heterocycles.